The van der Waals surface area contributed by atoms with Crippen molar-refractivity contribution < 1.29 is 13.2 Å². The number of hydrogen-bond acceptors (Lipinski definition) is 5. The first-order valence-electron chi connectivity index (χ1n) is 6.32. The second-order valence-electron chi connectivity index (χ2n) is 4.51. The Balaban J connectivity index is 1.82. The Morgan fingerprint density at radius 1 is 1.35 bits per heavy atom. The predicted molar refractivity (Wildman–Crippen MR) is 100 cm³/mol. The molecule has 1 atom stereocenters. The van der Waals surface area contributed by atoms with Gasteiger partial charge in [0.1, 0.15) is 5.82 Å². The SMILES string of the molecule is O=C(Nc1ccc([NH+]([O-])OI)cn1)c1n[nH]c2ccc(I)cc12. The van der Waals surface area contributed by atoms with E-state index in [4.69, 9.17) is 0 Å². The van der Waals surface area contributed by atoms with Crippen molar-refractivity contribution in [2.75, 3.05) is 5.32 Å². The number of nitrogens with one attached hydrogen (secondary N) is 3. The van der Waals surface area contributed by atoms with E-state index in [2.05, 4.69) is 46.3 Å². The lowest BCUT2D eigenvalue weighted by Gasteiger charge is -2.14. The number of carbonyl (C=O) groups is 1. The lowest BCUT2D eigenvalue weighted by atomic mass is 10.2. The molecule has 3 aromatic rings. The molecule has 0 spiro atoms. The van der Waals surface area contributed by atoms with Crippen LogP contribution >= 0.6 is 45.6 Å². The highest BCUT2D eigenvalue weighted by Crippen LogP contribution is 2.19. The molecule has 8 nitrogen and oxygen atoms in total. The number of quaternary nitrogens is 1. The zero-order chi connectivity index (χ0) is 16.4. The van der Waals surface area contributed by atoms with Gasteiger partial charge in [-0.15, -0.1) is 3.17 Å². The number of carbonyl (C=O) groups excluding carboxylic acids is 1. The minimum absolute atomic E-state index is 0.288. The summed E-state index contributed by atoms with van der Waals surface area (Å²) in [7, 11) is 0. The lowest BCUT2D eigenvalue weighted by Crippen LogP contribution is -2.99. The Labute approximate surface area is 158 Å². The van der Waals surface area contributed by atoms with E-state index in [1.807, 2.05) is 18.2 Å². The summed E-state index contributed by atoms with van der Waals surface area (Å²) in [6.07, 6.45) is 1.34. The molecule has 3 N–H and O–H groups in total. The molecule has 23 heavy (non-hydrogen) atoms. The highest BCUT2D eigenvalue weighted by molar-refractivity contribution is 14.1. The van der Waals surface area contributed by atoms with Crippen molar-refractivity contribution in [1.82, 2.24) is 15.2 Å². The molecule has 0 aliphatic carbocycles. The summed E-state index contributed by atoms with van der Waals surface area (Å²) < 4.78 is 5.57. The monoisotopic (exact) mass is 537 g/mol. The maximum atomic E-state index is 12.3. The van der Waals surface area contributed by atoms with Crippen LogP contribution in [0.3, 0.4) is 0 Å². The number of H-pyrrole nitrogens is 1. The van der Waals surface area contributed by atoms with Crippen molar-refractivity contribution in [3.8, 4) is 0 Å². The van der Waals surface area contributed by atoms with Crippen molar-refractivity contribution in [2.45, 2.75) is 0 Å². The van der Waals surface area contributed by atoms with Gasteiger partial charge in [0.25, 0.3) is 5.91 Å². The first kappa shape index (κ1) is 16.5. The Morgan fingerprint density at radius 2 is 2.17 bits per heavy atom. The highest BCUT2D eigenvalue weighted by Gasteiger charge is 2.15. The third kappa shape index (κ3) is 3.60. The number of halogens is 2. The number of aromatic amines is 1. The largest absolute Gasteiger partial charge is 0.594 e. The Morgan fingerprint density at radius 3 is 2.87 bits per heavy atom. The number of pyridine rings is 1. The molecular formula is C13H9I2N5O3. The van der Waals surface area contributed by atoms with Gasteiger partial charge >= 0.3 is 0 Å². The van der Waals surface area contributed by atoms with Gasteiger partial charge in [-0.3, -0.25) is 9.89 Å². The molecule has 1 aromatic carbocycles. The number of aromatic nitrogens is 3. The quantitative estimate of drug-likeness (QED) is 0.350. The van der Waals surface area contributed by atoms with Crippen LogP contribution in [0, 0.1) is 8.78 Å². The molecule has 0 aliphatic rings. The smallest absolute Gasteiger partial charge is 0.277 e. The van der Waals surface area contributed by atoms with Gasteiger partial charge in [-0.25, -0.2) is 4.98 Å². The molecule has 1 unspecified atom stereocenters. The van der Waals surface area contributed by atoms with Crippen LogP contribution in [0.15, 0.2) is 36.5 Å². The van der Waals surface area contributed by atoms with Crippen LogP contribution < -0.4 is 10.5 Å². The first-order chi connectivity index (χ1) is 11.1. The van der Waals surface area contributed by atoms with Gasteiger partial charge < -0.3 is 10.5 Å². The van der Waals surface area contributed by atoms with Crippen molar-refractivity contribution in [1.29, 1.82) is 0 Å². The molecule has 1 amide bonds. The zero-order valence-electron chi connectivity index (χ0n) is 11.3. The molecule has 0 saturated heterocycles. The summed E-state index contributed by atoms with van der Waals surface area (Å²) in [5.41, 5.74) is 1.37. The van der Waals surface area contributed by atoms with E-state index >= 15 is 0 Å². The predicted octanol–water partition coefficient (Wildman–Crippen LogP) is 2.11. The fraction of sp³-hybridized carbons (Fsp3) is 0. The van der Waals surface area contributed by atoms with E-state index in [1.165, 1.54) is 41.3 Å². The maximum absolute atomic E-state index is 12.3. The van der Waals surface area contributed by atoms with E-state index < -0.39 is 5.23 Å². The zero-order valence-corrected chi connectivity index (χ0v) is 15.7. The Kier molecular flexibility index (Phi) is 5.05. The van der Waals surface area contributed by atoms with Crippen molar-refractivity contribution >= 4 is 73.9 Å². The van der Waals surface area contributed by atoms with Gasteiger partial charge in [-0.2, -0.15) is 10.3 Å². The summed E-state index contributed by atoms with van der Waals surface area (Å²) in [6.45, 7) is 0. The van der Waals surface area contributed by atoms with Gasteiger partial charge in [-0.1, -0.05) is 0 Å². The number of rotatable bonds is 4. The molecular weight excluding hydrogens is 528 g/mol. The van der Waals surface area contributed by atoms with Crippen LogP contribution in [-0.2, 0) is 3.17 Å². The van der Waals surface area contributed by atoms with Crippen LogP contribution in [-0.4, -0.2) is 21.1 Å². The average molecular weight is 537 g/mol. The normalized spacial score (nSPS) is 12.3. The summed E-state index contributed by atoms with van der Waals surface area (Å²) >= 11 is 3.68. The number of fused-ring (bicyclic) bond motifs is 1. The van der Waals surface area contributed by atoms with E-state index in [0.29, 0.717) is 11.5 Å². The topological polar surface area (TPSA) is 107 Å². The Bertz CT molecular complexity index is 852. The second-order valence-corrected chi connectivity index (χ2v) is 6.20. The van der Waals surface area contributed by atoms with Crippen LogP contribution in [0.4, 0.5) is 11.5 Å². The van der Waals surface area contributed by atoms with E-state index in [1.54, 1.807) is 0 Å². The third-order valence-electron chi connectivity index (χ3n) is 3.05. The van der Waals surface area contributed by atoms with E-state index in [-0.39, 0.29) is 11.6 Å². The minimum atomic E-state index is -0.496. The van der Waals surface area contributed by atoms with Gasteiger partial charge in [-0.05, 0) is 46.9 Å². The highest BCUT2D eigenvalue weighted by atomic mass is 127. The van der Waals surface area contributed by atoms with Gasteiger partial charge in [0.2, 0.25) is 0 Å². The molecule has 0 bridgehead atoms. The number of hydrogen-bond donors (Lipinski definition) is 3. The number of nitrogens with zero attached hydrogens (tertiary/aromatic N) is 2. The molecule has 2 heterocycles. The van der Waals surface area contributed by atoms with Crippen LogP contribution in [0.2, 0.25) is 0 Å². The van der Waals surface area contributed by atoms with Crippen molar-refractivity contribution in [2.24, 2.45) is 0 Å². The van der Waals surface area contributed by atoms with Gasteiger partial charge in [0, 0.05) is 15.0 Å². The summed E-state index contributed by atoms with van der Waals surface area (Å²) in [5, 5.41) is 21.1. The van der Waals surface area contributed by atoms with E-state index in [0.717, 1.165) is 14.5 Å². The summed E-state index contributed by atoms with van der Waals surface area (Å²) in [6, 6.07) is 8.72. The summed E-state index contributed by atoms with van der Waals surface area (Å²) in [4.78, 5) is 16.4. The minimum Gasteiger partial charge on any atom is -0.594 e. The van der Waals surface area contributed by atoms with Crippen molar-refractivity contribution in [3.05, 3.63) is 51.0 Å². The van der Waals surface area contributed by atoms with Gasteiger partial charge in [0.05, 0.1) is 11.7 Å². The molecule has 3 rings (SSSR count). The molecule has 0 fully saturated rings. The number of benzene rings is 1. The van der Waals surface area contributed by atoms with Crippen LogP contribution in [0.25, 0.3) is 10.9 Å². The third-order valence-corrected chi connectivity index (χ3v) is 4.12. The lowest BCUT2D eigenvalue weighted by molar-refractivity contribution is -0.952. The molecule has 0 aliphatic heterocycles. The van der Waals surface area contributed by atoms with Gasteiger partial charge in [0.15, 0.2) is 34.4 Å². The van der Waals surface area contributed by atoms with Crippen molar-refractivity contribution in [3.63, 3.8) is 0 Å². The first-order valence-corrected chi connectivity index (χ1v) is 8.28. The van der Waals surface area contributed by atoms with E-state index in [9.17, 15) is 10.0 Å². The number of amides is 1. The average Bonchev–Trinajstić information content (AvgIpc) is 2.98. The van der Waals surface area contributed by atoms with Crippen LogP contribution in [0.1, 0.15) is 10.5 Å². The molecule has 10 heteroatoms. The number of anilines is 1. The maximum Gasteiger partial charge on any atom is 0.277 e. The molecule has 0 saturated carbocycles. The second kappa shape index (κ2) is 7.04. The fourth-order valence-electron chi connectivity index (χ4n) is 1.97. The Hall–Kier alpha value is -1.35. The molecule has 2 aromatic heterocycles. The summed E-state index contributed by atoms with van der Waals surface area (Å²) in [5.74, 6) is -0.0586. The van der Waals surface area contributed by atoms with Crippen LogP contribution in [0.5, 0.6) is 0 Å². The fourth-order valence-corrected chi connectivity index (χ4v) is 2.71. The standard InChI is InChI=1S/C13H9I2N5O3/c14-7-1-3-10-9(5-7)12(19-18-10)13(21)17-11-4-2-8(6-16-11)20(22)23-15/h1-6,20H,(H,18,19)(H,16,17,21). The molecule has 118 valence electrons. The molecule has 0 radical (unpaired) electrons.